The van der Waals surface area contributed by atoms with Gasteiger partial charge in [-0.1, -0.05) is 50.2 Å². The first-order valence-corrected chi connectivity index (χ1v) is 12.6. The highest BCUT2D eigenvalue weighted by atomic mass is 32.2. The Balaban J connectivity index is 0.00000132. The number of nitrogens with zero attached hydrogens (tertiary/aromatic N) is 3. The minimum Gasteiger partial charge on any atom is -0.508 e. The van der Waals surface area contributed by atoms with Crippen molar-refractivity contribution in [2.24, 2.45) is 0 Å². The van der Waals surface area contributed by atoms with Crippen molar-refractivity contribution in [2.45, 2.75) is 30.6 Å². The molecule has 2 heterocycles. The zero-order chi connectivity index (χ0) is 22.1. The highest BCUT2D eigenvalue weighted by Gasteiger charge is 2.29. The molecule has 0 spiro atoms. The van der Waals surface area contributed by atoms with Gasteiger partial charge in [-0.3, -0.25) is 0 Å². The van der Waals surface area contributed by atoms with Crippen LogP contribution in [0.4, 0.5) is 5.69 Å². The molecule has 0 radical (unpaired) electrons. The highest BCUT2D eigenvalue weighted by molar-refractivity contribution is 7.98. The lowest BCUT2D eigenvalue weighted by molar-refractivity contribution is 0.256. The maximum atomic E-state index is 9.68. The molecule has 4 rings (SSSR count). The normalized spacial score (nSPS) is 16.8. The van der Waals surface area contributed by atoms with Gasteiger partial charge in [0, 0.05) is 38.4 Å². The molecule has 0 saturated carbocycles. The summed E-state index contributed by atoms with van der Waals surface area (Å²) in [6.07, 6.45) is 0. The van der Waals surface area contributed by atoms with Gasteiger partial charge >= 0.3 is 0 Å². The van der Waals surface area contributed by atoms with Crippen LogP contribution in [-0.4, -0.2) is 53.6 Å². The number of thiophene rings is 1. The largest absolute Gasteiger partial charge is 0.508 e. The molecule has 1 aliphatic rings. The molecule has 31 heavy (non-hydrogen) atoms. The van der Waals surface area contributed by atoms with Crippen LogP contribution in [0.1, 0.15) is 19.4 Å². The van der Waals surface area contributed by atoms with Crippen molar-refractivity contribution in [3.63, 3.8) is 0 Å². The summed E-state index contributed by atoms with van der Waals surface area (Å²) in [6.45, 7) is 8.92. The molecule has 3 aromatic rings. The third-order valence-electron chi connectivity index (χ3n) is 5.16. The molecule has 4 nitrogen and oxygen atoms in total. The third-order valence-corrected chi connectivity index (χ3v) is 7.24. The Morgan fingerprint density at radius 1 is 1.00 bits per heavy atom. The van der Waals surface area contributed by atoms with Gasteiger partial charge in [0.2, 0.25) is 0 Å². The summed E-state index contributed by atoms with van der Waals surface area (Å²) in [7, 11) is 2.20. The number of aromatic hydroxyl groups is 1. The van der Waals surface area contributed by atoms with E-state index >= 15 is 0 Å². The predicted octanol–water partition coefficient (Wildman–Crippen LogP) is 5.81. The molecule has 1 aliphatic heterocycles. The van der Waals surface area contributed by atoms with Crippen molar-refractivity contribution < 1.29 is 5.11 Å². The minimum atomic E-state index is 0.318. The number of phenols is 1. The molecule has 1 N–H and O–H groups in total. The van der Waals surface area contributed by atoms with Crippen molar-refractivity contribution in [1.29, 1.82) is 0 Å². The quantitative estimate of drug-likeness (QED) is 0.454. The van der Waals surface area contributed by atoms with Crippen LogP contribution in [0, 0.1) is 0 Å². The van der Waals surface area contributed by atoms with E-state index < -0.39 is 0 Å². The van der Waals surface area contributed by atoms with Crippen molar-refractivity contribution in [2.75, 3.05) is 38.1 Å². The standard InChI is InChI=1S/C23H27N3OS2.C2H6/c1-24(16-19-6-3-2-4-7-19)17-21-18-25(29-23-8-5-15-28-23)13-14-26(21)20-9-11-22(27)12-10-20;1-2/h2-12,15,21,27H,13-14,16-18H2,1H3;1-2H3. The van der Waals surface area contributed by atoms with E-state index in [2.05, 4.69) is 69.0 Å². The Bertz CT molecular complexity index is 872. The van der Waals surface area contributed by atoms with Gasteiger partial charge in [-0.2, -0.15) is 0 Å². The van der Waals surface area contributed by atoms with E-state index in [-0.39, 0.29) is 0 Å². The van der Waals surface area contributed by atoms with Gasteiger partial charge in [-0.15, -0.1) is 11.3 Å². The summed E-state index contributed by atoms with van der Waals surface area (Å²) in [4.78, 5) is 4.90. The van der Waals surface area contributed by atoms with Crippen LogP contribution >= 0.6 is 23.3 Å². The molecule has 0 bridgehead atoms. The second-order valence-electron chi connectivity index (χ2n) is 7.46. The SMILES string of the molecule is CC.CN(Cc1ccccc1)CC1CN(Sc2cccs2)CCN1c1ccc(O)cc1. The number of benzene rings is 2. The molecule has 1 atom stereocenters. The predicted molar refractivity (Wildman–Crippen MR) is 135 cm³/mol. The first kappa shape index (κ1) is 23.7. The molecule has 0 aliphatic carbocycles. The Morgan fingerprint density at radius 3 is 2.42 bits per heavy atom. The van der Waals surface area contributed by atoms with Crippen LogP contribution in [-0.2, 0) is 6.54 Å². The van der Waals surface area contributed by atoms with Gasteiger partial charge < -0.3 is 14.9 Å². The van der Waals surface area contributed by atoms with Crippen LogP contribution in [0.15, 0.2) is 76.3 Å². The van der Waals surface area contributed by atoms with E-state index in [1.54, 1.807) is 23.5 Å². The number of likely N-dealkylation sites (N-methyl/N-ethyl adjacent to an activating group) is 1. The molecule has 2 aromatic carbocycles. The van der Waals surface area contributed by atoms with Crippen molar-refractivity contribution in [1.82, 2.24) is 9.21 Å². The molecule has 1 aromatic heterocycles. The summed E-state index contributed by atoms with van der Waals surface area (Å²) >= 11 is 3.67. The Labute approximate surface area is 195 Å². The molecule has 6 heteroatoms. The van der Waals surface area contributed by atoms with Crippen LogP contribution in [0.5, 0.6) is 5.75 Å². The Hall–Kier alpha value is -1.99. The van der Waals surface area contributed by atoms with Gasteiger partial charge in [0.15, 0.2) is 0 Å². The van der Waals surface area contributed by atoms with E-state index in [1.165, 1.54) is 15.5 Å². The summed E-state index contributed by atoms with van der Waals surface area (Å²) in [6, 6.07) is 23.0. The lowest BCUT2D eigenvalue weighted by atomic mass is 10.1. The number of rotatable bonds is 7. The smallest absolute Gasteiger partial charge is 0.115 e. The molecule has 1 saturated heterocycles. The number of anilines is 1. The van der Waals surface area contributed by atoms with Gasteiger partial charge in [-0.25, -0.2) is 4.31 Å². The van der Waals surface area contributed by atoms with Gasteiger partial charge in [0.05, 0.1) is 10.3 Å². The molecule has 1 fully saturated rings. The average molecular weight is 456 g/mol. The molecular weight excluding hydrogens is 422 g/mol. The van der Waals surface area contributed by atoms with Crippen molar-refractivity contribution in [3.8, 4) is 5.75 Å². The first-order valence-electron chi connectivity index (χ1n) is 10.9. The summed E-state index contributed by atoms with van der Waals surface area (Å²) in [5.74, 6) is 0.318. The summed E-state index contributed by atoms with van der Waals surface area (Å²) in [5.41, 5.74) is 2.52. The fraction of sp³-hybridized carbons (Fsp3) is 0.360. The van der Waals surface area contributed by atoms with Gasteiger partial charge in [0.1, 0.15) is 5.75 Å². The zero-order valence-corrected chi connectivity index (χ0v) is 20.3. The molecular formula is C25H33N3OS2. The number of piperazine rings is 1. The fourth-order valence-electron chi connectivity index (χ4n) is 3.81. The number of hydrogen-bond acceptors (Lipinski definition) is 6. The van der Waals surface area contributed by atoms with E-state index in [4.69, 9.17) is 0 Å². The average Bonchev–Trinajstić information content (AvgIpc) is 3.30. The van der Waals surface area contributed by atoms with Crippen LogP contribution in [0.3, 0.4) is 0 Å². The van der Waals surface area contributed by atoms with Crippen molar-refractivity contribution in [3.05, 3.63) is 77.7 Å². The third kappa shape index (κ3) is 7.01. The zero-order valence-electron chi connectivity index (χ0n) is 18.6. The lowest BCUT2D eigenvalue weighted by Gasteiger charge is -2.43. The van der Waals surface area contributed by atoms with E-state index in [0.717, 1.165) is 32.7 Å². The van der Waals surface area contributed by atoms with Crippen LogP contribution < -0.4 is 4.90 Å². The molecule has 1 unspecified atom stereocenters. The number of hydrogen-bond donors (Lipinski definition) is 1. The Kier molecular flexibility index (Phi) is 9.28. The van der Waals surface area contributed by atoms with Crippen LogP contribution in [0.2, 0.25) is 0 Å². The van der Waals surface area contributed by atoms with Gasteiger partial charge in [-0.05, 0) is 60.3 Å². The molecule has 0 amide bonds. The summed E-state index contributed by atoms with van der Waals surface area (Å²) < 4.78 is 3.84. The number of phenolic OH excluding ortho intramolecular Hbond substituents is 1. The molecule has 166 valence electrons. The topological polar surface area (TPSA) is 30.0 Å². The Morgan fingerprint density at radius 2 is 1.74 bits per heavy atom. The monoisotopic (exact) mass is 455 g/mol. The maximum Gasteiger partial charge on any atom is 0.115 e. The van der Waals surface area contributed by atoms with Gasteiger partial charge in [0.25, 0.3) is 0 Å². The van der Waals surface area contributed by atoms with E-state index in [1.807, 2.05) is 37.9 Å². The lowest BCUT2D eigenvalue weighted by Crippen LogP contribution is -2.55. The second kappa shape index (κ2) is 12.2. The second-order valence-corrected chi connectivity index (χ2v) is 9.80. The van der Waals surface area contributed by atoms with E-state index in [0.29, 0.717) is 11.8 Å². The minimum absolute atomic E-state index is 0.318. The van der Waals surface area contributed by atoms with Crippen LogP contribution in [0.25, 0.3) is 0 Å². The fourth-order valence-corrected chi connectivity index (χ4v) is 5.73. The maximum absolute atomic E-state index is 9.68. The van der Waals surface area contributed by atoms with E-state index in [9.17, 15) is 5.11 Å². The summed E-state index contributed by atoms with van der Waals surface area (Å²) in [5, 5.41) is 11.8. The first-order chi connectivity index (χ1) is 15.2. The highest BCUT2D eigenvalue weighted by Crippen LogP contribution is 2.31. The van der Waals surface area contributed by atoms with Crippen molar-refractivity contribution >= 4 is 29.0 Å².